The maximum Gasteiger partial charge on any atom is 0.290 e. The molecule has 1 aromatic heterocycles. The van der Waals surface area contributed by atoms with Crippen LogP contribution in [0.3, 0.4) is 0 Å². The fourth-order valence-electron chi connectivity index (χ4n) is 4.35. The highest BCUT2D eigenvalue weighted by atomic mass is 32.2. The van der Waals surface area contributed by atoms with E-state index in [9.17, 15) is 22.3 Å². The number of hydrogen-bond donors (Lipinski definition) is 2. The highest BCUT2D eigenvalue weighted by molar-refractivity contribution is 7.88. The van der Waals surface area contributed by atoms with Crippen molar-refractivity contribution in [3.05, 3.63) is 35.0 Å². The number of β-amino-alcohol motifs (C(OH)–C–C–N with tert-alkyl or cyclic N) is 1. The lowest BCUT2D eigenvalue weighted by molar-refractivity contribution is -0.00603. The Labute approximate surface area is 178 Å². The molecule has 0 radical (unpaired) electrons. The highest BCUT2D eigenvalue weighted by Crippen LogP contribution is 2.46. The number of rotatable bonds is 4. The molecule has 2 aromatic rings. The van der Waals surface area contributed by atoms with Crippen molar-refractivity contribution in [3.63, 3.8) is 0 Å². The number of halogens is 2. The number of ether oxygens (including phenoxy) is 1. The number of hydrogen-bond acceptors (Lipinski definition) is 7. The summed E-state index contributed by atoms with van der Waals surface area (Å²) in [5, 5.41) is 9.83. The number of benzene rings is 1. The predicted molar refractivity (Wildman–Crippen MR) is 109 cm³/mol. The molecule has 8 nitrogen and oxygen atoms in total. The van der Waals surface area contributed by atoms with Gasteiger partial charge in [0.25, 0.3) is 5.92 Å². The minimum absolute atomic E-state index is 0.153. The van der Waals surface area contributed by atoms with Gasteiger partial charge in [0.1, 0.15) is 18.1 Å². The standard InChI is InChI=1S/C20H22F2N4O4S/c1-10-15(27)8-26(10)19-23-17(13-5-6-20(21,22)18(13)24-19)11-3-4-12-14(25-31(2,28)29)9-30-16(12)7-11/h3-4,7,10,14-15,25,27H,5-6,8-9H2,1-2H3/t10-,14+,15+/m0/s1. The molecule has 3 aliphatic rings. The second-order valence-electron chi connectivity index (χ2n) is 8.37. The maximum absolute atomic E-state index is 14.6. The van der Waals surface area contributed by atoms with E-state index in [0.29, 0.717) is 28.1 Å². The van der Waals surface area contributed by atoms with E-state index in [0.717, 1.165) is 6.26 Å². The molecule has 31 heavy (non-hydrogen) atoms. The van der Waals surface area contributed by atoms with Crippen LogP contribution in [0, 0.1) is 0 Å². The Morgan fingerprint density at radius 3 is 2.77 bits per heavy atom. The molecule has 0 spiro atoms. The molecule has 0 bridgehead atoms. The molecule has 0 saturated carbocycles. The van der Waals surface area contributed by atoms with Gasteiger partial charge in [-0.05, 0) is 19.4 Å². The van der Waals surface area contributed by atoms with Crippen LogP contribution < -0.4 is 14.4 Å². The zero-order valence-corrected chi connectivity index (χ0v) is 17.8. The van der Waals surface area contributed by atoms with E-state index < -0.39 is 28.1 Å². The number of fused-ring (bicyclic) bond motifs is 2. The zero-order valence-electron chi connectivity index (χ0n) is 17.0. The van der Waals surface area contributed by atoms with E-state index in [1.807, 2.05) is 0 Å². The van der Waals surface area contributed by atoms with Crippen molar-refractivity contribution in [2.45, 2.75) is 43.9 Å². The molecule has 0 unspecified atom stereocenters. The van der Waals surface area contributed by atoms with Crippen LogP contribution in [0.5, 0.6) is 5.75 Å². The van der Waals surface area contributed by atoms with E-state index in [-0.39, 0.29) is 43.7 Å². The average molecular weight is 452 g/mol. The maximum atomic E-state index is 14.6. The van der Waals surface area contributed by atoms with Crippen molar-refractivity contribution in [1.29, 1.82) is 0 Å². The Bertz CT molecular complexity index is 1170. The van der Waals surface area contributed by atoms with Gasteiger partial charge in [-0.25, -0.2) is 23.1 Å². The number of nitrogens with one attached hydrogen (secondary N) is 1. The van der Waals surface area contributed by atoms with Gasteiger partial charge in [0, 0.05) is 29.7 Å². The third-order valence-corrected chi connectivity index (χ3v) is 6.86. The summed E-state index contributed by atoms with van der Waals surface area (Å²) >= 11 is 0. The van der Waals surface area contributed by atoms with Gasteiger partial charge in [-0.15, -0.1) is 0 Å². The van der Waals surface area contributed by atoms with Crippen molar-refractivity contribution in [3.8, 4) is 17.0 Å². The smallest absolute Gasteiger partial charge is 0.290 e. The molecular formula is C20H22F2N4O4S. The van der Waals surface area contributed by atoms with Crippen molar-refractivity contribution in [2.75, 3.05) is 24.3 Å². The summed E-state index contributed by atoms with van der Waals surface area (Å²) in [7, 11) is -3.41. The molecule has 1 saturated heterocycles. The SMILES string of the molecule is C[C@H]1[C@H](O)CN1c1nc(-c2ccc3c(c2)OC[C@H]3NS(C)(=O)=O)c2c(n1)C(F)(F)CC2. The molecule has 1 fully saturated rings. The molecule has 1 aliphatic carbocycles. The van der Waals surface area contributed by atoms with E-state index in [1.165, 1.54) is 0 Å². The molecule has 3 heterocycles. The van der Waals surface area contributed by atoms with Crippen LogP contribution in [-0.4, -0.2) is 55.0 Å². The number of nitrogens with zero attached hydrogens (tertiary/aromatic N) is 3. The largest absolute Gasteiger partial charge is 0.491 e. The van der Waals surface area contributed by atoms with Gasteiger partial charge in [0.15, 0.2) is 0 Å². The molecule has 5 rings (SSSR count). The van der Waals surface area contributed by atoms with Gasteiger partial charge in [-0.3, -0.25) is 0 Å². The summed E-state index contributed by atoms with van der Waals surface area (Å²) in [5.41, 5.74) is 1.84. The molecule has 0 amide bonds. The first-order chi connectivity index (χ1) is 14.5. The predicted octanol–water partition coefficient (Wildman–Crippen LogP) is 1.73. The van der Waals surface area contributed by atoms with E-state index in [2.05, 4.69) is 14.7 Å². The summed E-state index contributed by atoms with van der Waals surface area (Å²) in [6.45, 7) is 2.23. The van der Waals surface area contributed by atoms with E-state index in [1.54, 1.807) is 30.0 Å². The molecular weight excluding hydrogens is 430 g/mol. The lowest BCUT2D eigenvalue weighted by Gasteiger charge is -2.43. The second-order valence-corrected chi connectivity index (χ2v) is 10.2. The number of anilines is 1. The van der Waals surface area contributed by atoms with E-state index >= 15 is 0 Å². The Hall–Kier alpha value is -2.37. The summed E-state index contributed by atoms with van der Waals surface area (Å²) in [4.78, 5) is 10.5. The van der Waals surface area contributed by atoms with Crippen molar-refractivity contribution in [2.24, 2.45) is 0 Å². The average Bonchev–Trinajstić information content (AvgIpc) is 3.24. The number of aliphatic hydroxyl groups is 1. The van der Waals surface area contributed by atoms with Crippen molar-refractivity contribution >= 4 is 16.0 Å². The molecule has 166 valence electrons. The van der Waals surface area contributed by atoms with Crippen LogP contribution in [0.4, 0.5) is 14.7 Å². The minimum Gasteiger partial charge on any atom is -0.491 e. The first-order valence-electron chi connectivity index (χ1n) is 10.0. The molecule has 1 aromatic carbocycles. The summed E-state index contributed by atoms with van der Waals surface area (Å²) in [6, 6.07) is 4.42. The second kappa shape index (κ2) is 6.81. The topological polar surface area (TPSA) is 105 Å². The van der Waals surface area contributed by atoms with Crippen molar-refractivity contribution < 1.29 is 27.0 Å². The van der Waals surface area contributed by atoms with Crippen LogP contribution in [-0.2, 0) is 22.4 Å². The number of aromatic nitrogens is 2. The van der Waals surface area contributed by atoms with Crippen LogP contribution in [0.2, 0.25) is 0 Å². The van der Waals surface area contributed by atoms with Crippen molar-refractivity contribution in [1.82, 2.24) is 14.7 Å². The van der Waals surface area contributed by atoms with Gasteiger partial charge in [0.2, 0.25) is 16.0 Å². The lowest BCUT2D eigenvalue weighted by Crippen LogP contribution is -2.59. The van der Waals surface area contributed by atoms with Gasteiger partial charge in [-0.1, -0.05) is 12.1 Å². The molecule has 3 atom stereocenters. The van der Waals surface area contributed by atoms with Crippen LogP contribution in [0.15, 0.2) is 18.2 Å². The molecule has 2 aliphatic heterocycles. The fraction of sp³-hybridized carbons (Fsp3) is 0.500. The Morgan fingerprint density at radius 1 is 1.32 bits per heavy atom. The third kappa shape index (κ3) is 3.44. The Balaban J connectivity index is 1.57. The van der Waals surface area contributed by atoms with Gasteiger partial charge in [-0.2, -0.15) is 8.78 Å². The zero-order chi connectivity index (χ0) is 22.1. The fourth-order valence-corrected chi connectivity index (χ4v) is 5.06. The number of sulfonamides is 1. The highest BCUT2D eigenvalue weighted by Gasteiger charge is 2.45. The monoisotopic (exact) mass is 452 g/mol. The molecule has 11 heteroatoms. The summed E-state index contributed by atoms with van der Waals surface area (Å²) in [6.07, 6.45) is 0.368. The molecule has 2 N–H and O–H groups in total. The van der Waals surface area contributed by atoms with Gasteiger partial charge >= 0.3 is 0 Å². The van der Waals surface area contributed by atoms with Gasteiger partial charge in [0.05, 0.1) is 30.1 Å². The summed E-state index contributed by atoms with van der Waals surface area (Å²) in [5.74, 6) is -2.37. The van der Waals surface area contributed by atoms with Crippen LogP contribution in [0.25, 0.3) is 11.3 Å². The minimum atomic E-state index is -3.41. The number of aliphatic hydroxyl groups excluding tert-OH is 1. The van der Waals surface area contributed by atoms with Gasteiger partial charge < -0.3 is 14.7 Å². The quantitative estimate of drug-likeness (QED) is 0.728. The Morgan fingerprint density at radius 2 is 2.10 bits per heavy atom. The number of alkyl halides is 2. The Kier molecular flexibility index (Phi) is 4.51. The lowest BCUT2D eigenvalue weighted by atomic mass is 10.0. The normalized spacial score (nSPS) is 26.2. The first-order valence-corrected chi connectivity index (χ1v) is 11.9. The van der Waals surface area contributed by atoms with Crippen LogP contribution in [0.1, 0.15) is 36.2 Å². The van der Waals surface area contributed by atoms with E-state index in [4.69, 9.17) is 4.74 Å². The summed E-state index contributed by atoms with van der Waals surface area (Å²) < 4.78 is 60.5. The first kappa shape index (κ1) is 20.5. The van der Waals surface area contributed by atoms with Crippen LogP contribution >= 0.6 is 0 Å². The third-order valence-electron chi connectivity index (χ3n) is 6.14.